The van der Waals surface area contributed by atoms with Crippen LogP contribution < -0.4 is 9.47 Å². The van der Waals surface area contributed by atoms with Gasteiger partial charge in [-0.3, -0.25) is 0 Å². The van der Waals surface area contributed by atoms with Gasteiger partial charge >= 0.3 is 0 Å². The molecule has 17 heavy (non-hydrogen) atoms. The molecule has 0 bridgehead atoms. The largest absolute Gasteiger partial charge is 0.281 e. The summed E-state index contributed by atoms with van der Waals surface area (Å²) >= 11 is 0. The summed E-state index contributed by atoms with van der Waals surface area (Å²) in [6.45, 7) is 5.27. The maximum atomic E-state index is 2.25. The molecule has 0 aliphatic rings. The number of hydrogen-bond acceptors (Lipinski definition) is 1. The molecule has 1 aromatic carbocycles. The highest BCUT2D eigenvalue weighted by molar-refractivity contribution is 5.57. The van der Waals surface area contributed by atoms with E-state index in [-0.39, 0.29) is 0 Å². The van der Waals surface area contributed by atoms with Crippen molar-refractivity contribution in [3.63, 3.8) is 0 Å². The Labute approximate surface area is 103 Å². The van der Waals surface area contributed by atoms with E-state index >= 15 is 0 Å². The summed E-state index contributed by atoms with van der Waals surface area (Å²) in [6, 6.07) is 14.8. The molecule has 1 aromatic heterocycles. The Morgan fingerprint density at radius 1 is 1.12 bits per heavy atom. The van der Waals surface area contributed by atoms with Gasteiger partial charge in [-0.15, -0.1) is 0 Å². The molecule has 0 amide bonds. The summed E-state index contributed by atoms with van der Waals surface area (Å²) in [4.78, 5) is 2.22. The topological polar surface area (TPSA) is 7.12 Å². The highest BCUT2D eigenvalue weighted by atomic mass is 15.2. The molecular formula is C15H19N2+. The first-order valence-corrected chi connectivity index (χ1v) is 6.01. The first kappa shape index (κ1) is 11.6. The van der Waals surface area contributed by atoms with Crippen LogP contribution in [-0.2, 0) is 6.54 Å². The van der Waals surface area contributed by atoms with Crippen LogP contribution in [0.2, 0.25) is 0 Å². The molecule has 0 saturated heterocycles. The molecule has 0 spiro atoms. The molecule has 0 aliphatic carbocycles. The lowest BCUT2D eigenvalue weighted by Crippen LogP contribution is -2.38. The Kier molecular flexibility index (Phi) is 3.43. The highest BCUT2D eigenvalue weighted by Crippen LogP contribution is 2.20. The molecule has 0 atom stereocenters. The highest BCUT2D eigenvalue weighted by Gasteiger charge is 2.16. The molecule has 0 N–H and O–H groups in total. The van der Waals surface area contributed by atoms with Gasteiger partial charge in [-0.1, -0.05) is 18.2 Å². The van der Waals surface area contributed by atoms with Crippen LogP contribution in [0, 0.1) is 6.92 Å². The number of rotatable bonds is 3. The van der Waals surface area contributed by atoms with Crippen molar-refractivity contribution in [1.82, 2.24) is 0 Å². The zero-order chi connectivity index (χ0) is 12.3. The third-order valence-corrected chi connectivity index (χ3v) is 3.00. The van der Waals surface area contributed by atoms with Crippen LogP contribution in [-0.4, -0.2) is 7.05 Å². The summed E-state index contributed by atoms with van der Waals surface area (Å²) in [5.41, 5.74) is 2.49. The van der Waals surface area contributed by atoms with Gasteiger partial charge in [0.1, 0.15) is 5.69 Å². The zero-order valence-electron chi connectivity index (χ0n) is 10.7. The molecule has 0 unspecified atom stereocenters. The minimum absolute atomic E-state index is 0.979. The average Bonchev–Trinajstić information content (AvgIpc) is 2.39. The quantitative estimate of drug-likeness (QED) is 0.731. The molecule has 1 heterocycles. The maximum absolute atomic E-state index is 2.25. The van der Waals surface area contributed by atoms with Gasteiger partial charge in [0.05, 0.1) is 19.8 Å². The number of pyridine rings is 1. The smallest absolute Gasteiger partial charge is 0.234 e. The van der Waals surface area contributed by atoms with E-state index in [0.29, 0.717) is 0 Å². The molecule has 88 valence electrons. The Bertz CT molecular complexity index is 492. The molecule has 2 rings (SSSR count). The van der Waals surface area contributed by atoms with E-state index in [1.165, 1.54) is 17.1 Å². The molecule has 0 saturated carbocycles. The first-order chi connectivity index (χ1) is 8.22. The van der Waals surface area contributed by atoms with Crippen LogP contribution in [0.3, 0.4) is 0 Å². The monoisotopic (exact) mass is 227 g/mol. The zero-order valence-corrected chi connectivity index (χ0v) is 10.7. The second kappa shape index (κ2) is 5.00. The van der Waals surface area contributed by atoms with Crippen molar-refractivity contribution in [2.75, 3.05) is 11.9 Å². The molecule has 0 radical (unpaired) electrons. The van der Waals surface area contributed by atoms with Gasteiger partial charge in [-0.25, -0.2) is 9.47 Å². The predicted octanol–water partition coefficient (Wildman–Crippen LogP) is 3.07. The molecule has 0 aliphatic heterocycles. The minimum Gasteiger partial charge on any atom is -0.234 e. The Morgan fingerprint density at radius 2 is 1.82 bits per heavy atom. The molecule has 0 fully saturated rings. The van der Waals surface area contributed by atoms with E-state index in [9.17, 15) is 0 Å². The fourth-order valence-corrected chi connectivity index (χ4v) is 1.96. The first-order valence-electron chi connectivity index (χ1n) is 6.01. The van der Waals surface area contributed by atoms with Crippen LogP contribution in [0.5, 0.6) is 0 Å². The number of hydrogen-bond donors (Lipinski definition) is 0. The van der Waals surface area contributed by atoms with Gasteiger partial charge in [0.15, 0.2) is 0 Å². The van der Waals surface area contributed by atoms with Crippen LogP contribution in [0.4, 0.5) is 11.5 Å². The van der Waals surface area contributed by atoms with Crippen LogP contribution in [0.25, 0.3) is 0 Å². The lowest BCUT2D eigenvalue weighted by atomic mass is 10.2. The molecular weight excluding hydrogens is 208 g/mol. The maximum Gasteiger partial charge on any atom is 0.281 e. The number of aryl methyl sites for hydroxylation is 2. The summed E-state index contributed by atoms with van der Waals surface area (Å²) in [5.74, 6) is 1.22. The molecule has 2 heteroatoms. The second-order valence-corrected chi connectivity index (χ2v) is 4.24. The number of anilines is 2. The average molecular weight is 227 g/mol. The van der Waals surface area contributed by atoms with Crippen LogP contribution in [0.15, 0.2) is 48.7 Å². The van der Waals surface area contributed by atoms with E-state index in [4.69, 9.17) is 0 Å². The van der Waals surface area contributed by atoms with E-state index in [2.05, 4.69) is 73.0 Å². The molecule has 2 aromatic rings. The van der Waals surface area contributed by atoms with E-state index in [1.807, 2.05) is 6.07 Å². The Balaban J connectivity index is 2.43. The second-order valence-electron chi connectivity index (χ2n) is 4.24. The number of aromatic nitrogens is 1. The third kappa shape index (κ3) is 2.47. The van der Waals surface area contributed by atoms with E-state index in [0.717, 1.165) is 6.54 Å². The summed E-state index contributed by atoms with van der Waals surface area (Å²) in [6.07, 6.45) is 2.14. The van der Waals surface area contributed by atoms with Gasteiger partial charge in [0.2, 0.25) is 0 Å². The van der Waals surface area contributed by atoms with Crippen molar-refractivity contribution in [2.24, 2.45) is 0 Å². The van der Waals surface area contributed by atoms with Crippen molar-refractivity contribution in [3.05, 3.63) is 54.2 Å². The lowest BCUT2D eigenvalue weighted by Gasteiger charge is -2.14. The molecule has 2 nitrogen and oxygen atoms in total. The number of para-hydroxylation sites is 1. The van der Waals surface area contributed by atoms with Crippen molar-refractivity contribution >= 4 is 11.5 Å². The van der Waals surface area contributed by atoms with E-state index < -0.39 is 0 Å². The SMILES string of the molecule is CC[n+]1ccc(C)cc1N(C)c1ccccc1. The third-order valence-electron chi connectivity index (χ3n) is 3.00. The fraction of sp³-hybridized carbons (Fsp3) is 0.267. The van der Waals surface area contributed by atoms with Crippen molar-refractivity contribution in [1.29, 1.82) is 0 Å². The fourth-order valence-electron chi connectivity index (χ4n) is 1.96. The van der Waals surface area contributed by atoms with Gasteiger partial charge in [0, 0.05) is 6.07 Å². The van der Waals surface area contributed by atoms with Crippen molar-refractivity contribution < 1.29 is 4.57 Å². The number of nitrogens with zero attached hydrogens (tertiary/aromatic N) is 2. The lowest BCUT2D eigenvalue weighted by molar-refractivity contribution is -0.680. The van der Waals surface area contributed by atoms with Crippen LogP contribution >= 0.6 is 0 Å². The van der Waals surface area contributed by atoms with Gasteiger partial charge in [-0.05, 0) is 37.6 Å². The summed E-state index contributed by atoms with van der Waals surface area (Å²) < 4.78 is 2.25. The Hall–Kier alpha value is -1.83. The van der Waals surface area contributed by atoms with Gasteiger partial charge in [0.25, 0.3) is 5.82 Å². The van der Waals surface area contributed by atoms with E-state index in [1.54, 1.807) is 0 Å². The Morgan fingerprint density at radius 3 is 2.47 bits per heavy atom. The van der Waals surface area contributed by atoms with Gasteiger partial charge in [-0.2, -0.15) is 0 Å². The summed E-state index contributed by atoms with van der Waals surface area (Å²) in [7, 11) is 2.11. The minimum atomic E-state index is 0.979. The normalized spacial score (nSPS) is 10.3. The van der Waals surface area contributed by atoms with Crippen molar-refractivity contribution in [3.8, 4) is 0 Å². The standard InChI is InChI=1S/C15H19N2/c1-4-17-11-10-13(2)12-15(17)16(3)14-8-6-5-7-9-14/h5-12H,4H2,1-3H3/q+1. The van der Waals surface area contributed by atoms with Gasteiger partial charge < -0.3 is 0 Å². The van der Waals surface area contributed by atoms with Crippen LogP contribution in [0.1, 0.15) is 12.5 Å². The summed E-state index contributed by atoms with van der Waals surface area (Å²) in [5, 5.41) is 0. The number of benzene rings is 1. The van der Waals surface area contributed by atoms with Crippen molar-refractivity contribution in [2.45, 2.75) is 20.4 Å². The predicted molar refractivity (Wildman–Crippen MR) is 71.6 cm³/mol.